The first-order valence-corrected chi connectivity index (χ1v) is 11.7. The van der Waals surface area contributed by atoms with E-state index in [0.717, 1.165) is 49.4 Å². The van der Waals surface area contributed by atoms with E-state index in [4.69, 9.17) is 38.9 Å². The number of aromatic nitrogens is 2. The molecule has 1 aromatic heterocycles. The summed E-state index contributed by atoms with van der Waals surface area (Å²) in [6.07, 6.45) is 2.99. The van der Waals surface area contributed by atoms with Crippen LogP contribution in [0, 0.1) is 12.3 Å². The molecule has 0 saturated carbocycles. The van der Waals surface area contributed by atoms with Gasteiger partial charge >= 0.3 is 0 Å². The first-order valence-electron chi connectivity index (χ1n) is 10.9. The minimum absolute atomic E-state index is 0.0679. The maximum absolute atomic E-state index is 10.1. The molecule has 1 aliphatic heterocycles. The van der Waals surface area contributed by atoms with Gasteiger partial charge in [0.05, 0.1) is 28.0 Å². The second-order valence-electron chi connectivity index (χ2n) is 8.89. The van der Waals surface area contributed by atoms with Crippen LogP contribution in [0.5, 0.6) is 0 Å². The summed E-state index contributed by atoms with van der Waals surface area (Å²) in [5.74, 6) is 0.742. The molecule has 2 heterocycles. The fraction of sp³-hybridized carbons (Fsp3) is 0.360. The van der Waals surface area contributed by atoms with Gasteiger partial charge in [0.2, 0.25) is 0 Å². The van der Waals surface area contributed by atoms with Crippen LogP contribution in [-0.2, 0) is 13.0 Å². The van der Waals surface area contributed by atoms with E-state index in [2.05, 4.69) is 29.2 Å². The number of anilines is 1. The van der Waals surface area contributed by atoms with Crippen LogP contribution in [0.25, 0.3) is 11.3 Å². The molecule has 0 unspecified atom stereocenters. The van der Waals surface area contributed by atoms with Gasteiger partial charge in [-0.25, -0.2) is 9.97 Å². The van der Waals surface area contributed by atoms with E-state index in [1.165, 1.54) is 11.1 Å². The predicted molar refractivity (Wildman–Crippen MR) is 129 cm³/mol. The monoisotopic (exact) mass is 468 g/mol. The topological polar surface area (TPSA) is 75.3 Å². The average Bonchev–Trinajstić information content (AvgIpc) is 3.07. The highest BCUT2D eigenvalue weighted by Crippen LogP contribution is 2.51. The van der Waals surface area contributed by atoms with E-state index >= 15 is 0 Å². The fourth-order valence-corrected chi connectivity index (χ4v) is 5.70. The zero-order valence-corrected chi connectivity index (χ0v) is 19.5. The smallest absolute Gasteiger partial charge is 0.153 e. The van der Waals surface area contributed by atoms with Gasteiger partial charge in [0, 0.05) is 24.7 Å². The third kappa shape index (κ3) is 3.48. The van der Waals surface area contributed by atoms with Gasteiger partial charge in [0.15, 0.2) is 5.82 Å². The molecule has 3 N–H and O–H groups in total. The van der Waals surface area contributed by atoms with Gasteiger partial charge in [0.1, 0.15) is 5.69 Å². The highest BCUT2D eigenvalue weighted by molar-refractivity contribution is 6.43. The number of fused-ring (bicyclic) bond motifs is 1. The Bertz CT molecular complexity index is 1170. The molecule has 0 radical (unpaired) electrons. The average molecular weight is 469 g/mol. The predicted octanol–water partition coefficient (Wildman–Crippen LogP) is 5.09. The first-order chi connectivity index (χ1) is 15.4. The minimum atomic E-state index is -0.194. The third-order valence-electron chi connectivity index (χ3n) is 7.13. The number of hydrogen-bond donors (Lipinski definition) is 2. The van der Waals surface area contributed by atoms with Crippen LogP contribution in [-0.4, -0.2) is 28.2 Å². The Hall–Kier alpha value is -2.18. The summed E-state index contributed by atoms with van der Waals surface area (Å²) in [6.45, 7) is 3.39. The van der Waals surface area contributed by atoms with Gasteiger partial charge in [-0.05, 0) is 48.8 Å². The number of nitrogens with zero attached hydrogens (tertiary/aromatic N) is 3. The maximum atomic E-state index is 10.1. The van der Waals surface area contributed by atoms with Crippen molar-refractivity contribution in [2.75, 3.05) is 18.0 Å². The minimum Gasteiger partial charge on any atom is -0.390 e. The Morgan fingerprint density at radius 1 is 1.09 bits per heavy atom. The summed E-state index contributed by atoms with van der Waals surface area (Å²) in [6, 6.07) is 14.1. The van der Waals surface area contributed by atoms with Crippen LogP contribution in [0.3, 0.4) is 0 Å². The molecule has 1 atom stereocenters. The lowest BCUT2D eigenvalue weighted by Crippen LogP contribution is -2.45. The third-order valence-corrected chi connectivity index (χ3v) is 7.95. The summed E-state index contributed by atoms with van der Waals surface area (Å²) < 4.78 is 0. The van der Waals surface area contributed by atoms with Crippen molar-refractivity contribution < 1.29 is 5.11 Å². The quantitative estimate of drug-likeness (QED) is 0.559. The molecule has 2 aromatic carbocycles. The number of benzene rings is 2. The van der Waals surface area contributed by atoms with Gasteiger partial charge in [-0.1, -0.05) is 59.6 Å². The second kappa shape index (κ2) is 8.31. The Balaban J connectivity index is 1.42. The van der Waals surface area contributed by atoms with E-state index < -0.39 is 0 Å². The summed E-state index contributed by atoms with van der Waals surface area (Å²) in [4.78, 5) is 11.8. The van der Waals surface area contributed by atoms with Gasteiger partial charge in [-0.15, -0.1) is 0 Å². The molecule has 1 aliphatic carbocycles. The Morgan fingerprint density at radius 2 is 1.84 bits per heavy atom. The Labute approximate surface area is 198 Å². The van der Waals surface area contributed by atoms with Crippen molar-refractivity contribution in [2.45, 2.75) is 38.8 Å². The number of aryl methyl sites for hydroxylation is 1. The lowest BCUT2D eigenvalue weighted by Gasteiger charge is -2.43. The highest BCUT2D eigenvalue weighted by atomic mass is 35.5. The molecule has 166 valence electrons. The molecule has 0 bridgehead atoms. The largest absolute Gasteiger partial charge is 0.390 e. The molecular formula is C25H26Cl2N4O. The van der Waals surface area contributed by atoms with E-state index in [9.17, 15) is 5.11 Å². The molecule has 5 nitrogen and oxygen atoms in total. The lowest BCUT2D eigenvalue weighted by atomic mass is 9.73. The van der Waals surface area contributed by atoms with Crippen LogP contribution in [0.2, 0.25) is 10.0 Å². The van der Waals surface area contributed by atoms with Crippen LogP contribution in [0.15, 0.2) is 42.5 Å². The molecule has 3 aromatic rings. The van der Waals surface area contributed by atoms with Crippen LogP contribution in [0.1, 0.15) is 41.4 Å². The number of nitrogens with two attached hydrogens (primary N) is 1. The van der Waals surface area contributed by atoms with Crippen LogP contribution >= 0.6 is 23.2 Å². The number of aliphatic hydroxyl groups is 1. The Morgan fingerprint density at radius 3 is 2.56 bits per heavy atom. The van der Waals surface area contributed by atoms with E-state index in [-0.39, 0.29) is 18.1 Å². The van der Waals surface area contributed by atoms with Crippen molar-refractivity contribution in [1.29, 1.82) is 0 Å². The maximum Gasteiger partial charge on any atom is 0.153 e. The fourth-order valence-electron chi connectivity index (χ4n) is 5.31. The van der Waals surface area contributed by atoms with E-state index in [1.807, 2.05) is 19.1 Å². The molecule has 1 saturated heterocycles. The summed E-state index contributed by atoms with van der Waals surface area (Å²) in [5, 5.41) is 11.0. The molecule has 1 spiro atoms. The zero-order valence-electron chi connectivity index (χ0n) is 18.0. The van der Waals surface area contributed by atoms with Gasteiger partial charge < -0.3 is 15.7 Å². The first kappa shape index (κ1) is 21.7. The van der Waals surface area contributed by atoms with Crippen LogP contribution in [0.4, 0.5) is 5.82 Å². The molecule has 5 rings (SSSR count). The molecule has 1 fully saturated rings. The number of aliphatic hydroxyl groups excluding tert-OH is 1. The van der Waals surface area contributed by atoms with Gasteiger partial charge in [-0.2, -0.15) is 0 Å². The molecule has 7 heteroatoms. The standard InChI is InChI=1S/C25H26Cl2N4O/c1-15-22(18-7-4-8-19(26)21(18)27)30-20(14-32)24(29-15)31-11-9-25(10-12-31)13-16-5-2-3-6-17(16)23(25)28/h2-8,23,32H,9-14,28H2,1H3/t23-/m1/s1. The van der Waals surface area contributed by atoms with Crippen LogP contribution < -0.4 is 10.6 Å². The van der Waals surface area contributed by atoms with Crippen molar-refractivity contribution in [1.82, 2.24) is 9.97 Å². The van der Waals surface area contributed by atoms with Crippen molar-refractivity contribution in [3.05, 3.63) is 75.0 Å². The van der Waals surface area contributed by atoms with Crippen molar-refractivity contribution in [3.8, 4) is 11.3 Å². The van der Waals surface area contributed by atoms with Gasteiger partial charge in [-0.3, -0.25) is 0 Å². The lowest BCUT2D eigenvalue weighted by molar-refractivity contribution is 0.186. The SMILES string of the molecule is Cc1nc(N2CCC3(CC2)Cc2ccccc2[C@H]3N)c(CO)nc1-c1cccc(Cl)c1Cl. The van der Waals surface area contributed by atoms with Gasteiger partial charge in [0.25, 0.3) is 0 Å². The highest BCUT2D eigenvalue weighted by Gasteiger charge is 2.46. The van der Waals surface area contributed by atoms with E-state index in [1.54, 1.807) is 6.07 Å². The molecule has 0 amide bonds. The van der Waals surface area contributed by atoms with Crippen molar-refractivity contribution in [3.63, 3.8) is 0 Å². The normalized spacial score (nSPS) is 19.4. The second-order valence-corrected chi connectivity index (χ2v) is 9.68. The van der Waals surface area contributed by atoms with E-state index in [0.29, 0.717) is 21.4 Å². The summed E-state index contributed by atoms with van der Waals surface area (Å²) in [5.41, 5.74) is 12.2. The molecule has 2 aliphatic rings. The summed E-state index contributed by atoms with van der Waals surface area (Å²) in [7, 11) is 0. The van der Waals surface area contributed by atoms with Crippen molar-refractivity contribution in [2.24, 2.45) is 11.1 Å². The number of rotatable bonds is 3. The van der Waals surface area contributed by atoms with Crippen molar-refractivity contribution >= 4 is 29.0 Å². The number of piperidine rings is 1. The Kier molecular flexibility index (Phi) is 5.62. The summed E-state index contributed by atoms with van der Waals surface area (Å²) >= 11 is 12.6. The number of halogens is 2. The molecule has 32 heavy (non-hydrogen) atoms. The zero-order chi connectivity index (χ0) is 22.5. The molecular weight excluding hydrogens is 443 g/mol. The number of hydrogen-bond acceptors (Lipinski definition) is 5.